The first-order chi connectivity index (χ1) is 20.0. The van der Waals surface area contributed by atoms with Crippen molar-refractivity contribution < 1.29 is 32.9 Å². The van der Waals surface area contributed by atoms with Crippen LogP contribution in [0.15, 0.2) is 48.6 Å². The number of hydrogen-bond donors (Lipinski definition) is 3. The Kier molecular flexibility index (Phi) is 9.20. The SMILES string of the molecule is COC[C@H](C/C=C/[C@H](O)[C@@H]1CC[C@H]1CN1C[C@@]2(CCCc3cc(Cl)ccc32)COc2ccc(C(=O)O)cc21)S(N)(=O)=O. The smallest absolute Gasteiger partial charge is 0.335 e. The predicted molar refractivity (Wildman–Crippen MR) is 162 cm³/mol. The van der Waals surface area contributed by atoms with Crippen molar-refractivity contribution >= 4 is 33.3 Å². The van der Waals surface area contributed by atoms with Crippen molar-refractivity contribution in [2.75, 3.05) is 38.3 Å². The van der Waals surface area contributed by atoms with E-state index < -0.39 is 27.3 Å². The van der Waals surface area contributed by atoms with Gasteiger partial charge >= 0.3 is 5.97 Å². The Labute approximate surface area is 252 Å². The van der Waals surface area contributed by atoms with Gasteiger partial charge in [0.25, 0.3) is 0 Å². The highest BCUT2D eigenvalue weighted by Crippen LogP contribution is 2.46. The third kappa shape index (κ3) is 6.48. The first kappa shape index (κ1) is 30.8. The summed E-state index contributed by atoms with van der Waals surface area (Å²) in [6.07, 6.45) is 7.39. The molecule has 0 amide bonds. The van der Waals surface area contributed by atoms with E-state index in [2.05, 4.69) is 11.0 Å². The summed E-state index contributed by atoms with van der Waals surface area (Å²) in [4.78, 5) is 14.1. The van der Waals surface area contributed by atoms with Crippen LogP contribution in [0, 0.1) is 11.8 Å². The number of ether oxygens (including phenoxy) is 2. The van der Waals surface area contributed by atoms with Gasteiger partial charge in [-0.2, -0.15) is 0 Å². The molecule has 1 aliphatic heterocycles. The van der Waals surface area contributed by atoms with E-state index in [-0.39, 0.29) is 35.8 Å². The largest absolute Gasteiger partial charge is 0.490 e. The average molecular weight is 619 g/mol. The van der Waals surface area contributed by atoms with E-state index in [1.165, 1.54) is 18.2 Å². The first-order valence-corrected chi connectivity index (χ1v) is 16.4. The van der Waals surface area contributed by atoms with Crippen LogP contribution in [-0.2, 0) is 26.6 Å². The Morgan fingerprint density at radius 1 is 1.29 bits per heavy atom. The van der Waals surface area contributed by atoms with E-state index in [1.807, 2.05) is 12.1 Å². The number of aromatic carboxylic acids is 1. The molecule has 9 nitrogen and oxygen atoms in total. The van der Waals surface area contributed by atoms with Crippen molar-refractivity contribution in [1.29, 1.82) is 0 Å². The number of carboxylic acids is 1. The summed E-state index contributed by atoms with van der Waals surface area (Å²) >= 11 is 6.35. The minimum Gasteiger partial charge on any atom is -0.490 e. The molecule has 0 bridgehead atoms. The lowest BCUT2D eigenvalue weighted by atomic mass is 9.68. The molecule has 5 rings (SSSR count). The summed E-state index contributed by atoms with van der Waals surface area (Å²) in [7, 11) is -2.35. The zero-order valence-corrected chi connectivity index (χ0v) is 25.3. The second-order valence-corrected chi connectivity index (χ2v) is 14.2. The summed E-state index contributed by atoms with van der Waals surface area (Å²) in [5.74, 6) is -0.202. The van der Waals surface area contributed by atoms with Crippen LogP contribution >= 0.6 is 11.6 Å². The lowest BCUT2D eigenvalue weighted by Gasteiger charge is -2.45. The summed E-state index contributed by atoms with van der Waals surface area (Å²) in [6.45, 7) is 1.74. The average Bonchev–Trinajstić information content (AvgIpc) is 3.07. The molecule has 1 heterocycles. The minimum atomic E-state index is -3.77. The van der Waals surface area contributed by atoms with Gasteiger partial charge in [0.05, 0.1) is 30.6 Å². The number of rotatable bonds is 10. The van der Waals surface area contributed by atoms with E-state index in [0.29, 0.717) is 30.5 Å². The number of benzene rings is 2. The maximum absolute atomic E-state index is 11.9. The number of sulfonamides is 1. The predicted octanol–water partition coefficient (Wildman–Crippen LogP) is 4.15. The Bertz CT molecular complexity index is 1450. The van der Waals surface area contributed by atoms with Crippen LogP contribution in [0.4, 0.5) is 5.69 Å². The number of allylic oxidation sites excluding steroid dienone is 1. The van der Waals surface area contributed by atoms with Crippen molar-refractivity contribution in [3.8, 4) is 5.75 Å². The van der Waals surface area contributed by atoms with Crippen LogP contribution in [-0.4, -0.2) is 69.4 Å². The number of anilines is 1. The molecule has 0 saturated heterocycles. The van der Waals surface area contributed by atoms with Gasteiger partial charge in [-0.3, -0.25) is 0 Å². The molecule has 2 aliphatic carbocycles. The third-order valence-electron chi connectivity index (χ3n) is 9.20. The van der Waals surface area contributed by atoms with Crippen LogP contribution in [0.3, 0.4) is 0 Å². The number of aliphatic hydroxyl groups is 1. The second kappa shape index (κ2) is 12.5. The van der Waals surface area contributed by atoms with E-state index in [9.17, 15) is 23.4 Å². The molecule has 3 aliphatic rings. The molecule has 0 radical (unpaired) electrons. The molecule has 2 aromatic rings. The maximum Gasteiger partial charge on any atom is 0.335 e. The number of nitrogens with two attached hydrogens (primary N) is 1. The minimum absolute atomic E-state index is 0.0136. The number of hydrogen-bond acceptors (Lipinski definition) is 7. The normalized spacial score (nSPS) is 25.2. The molecule has 0 unspecified atom stereocenters. The van der Waals surface area contributed by atoms with Crippen LogP contribution in [0.5, 0.6) is 5.75 Å². The molecular weight excluding hydrogens is 580 g/mol. The third-order valence-corrected chi connectivity index (χ3v) is 10.7. The number of primary sulfonamides is 1. The number of methoxy groups -OCH3 is 1. The summed E-state index contributed by atoms with van der Waals surface area (Å²) in [6, 6.07) is 11.1. The number of halogens is 1. The van der Waals surface area contributed by atoms with Gasteiger partial charge in [-0.25, -0.2) is 18.4 Å². The lowest BCUT2D eigenvalue weighted by molar-refractivity contribution is 0.0456. The van der Waals surface area contributed by atoms with Crippen LogP contribution < -0.4 is 14.8 Å². The monoisotopic (exact) mass is 618 g/mol. The summed E-state index contributed by atoms with van der Waals surface area (Å²) in [5.41, 5.74) is 3.11. The molecule has 5 atom stereocenters. The summed E-state index contributed by atoms with van der Waals surface area (Å²) < 4.78 is 35.1. The molecule has 1 fully saturated rings. The van der Waals surface area contributed by atoms with Gasteiger partial charge in [0.1, 0.15) is 11.0 Å². The highest BCUT2D eigenvalue weighted by Gasteiger charge is 2.44. The number of aliphatic hydroxyl groups excluding tert-OH is 1. The van der Waals surface area contributed by atoms with Gasteiger partial charge < -0.3 is 24.6 Å². The fourth-order valence-electron chi connectivity index (χ4n) is 6.80. The number of carboxylic acid groups (broad SMARTS) is 1. The second-order valence-electron chi connectivity index (χ2n) is 11.9. The maximum atomic E-state index is 11.9. The quantitative estimate of drug-likeness (QED) is 0.338. The van der Waals surface area contributed by atoms with Crippen molar-refractivity contribution in [3.05, 3.63) is 70.3 Å². The van der Waals surface area contributed by atoms with E-state index in [4.69, 9.17) is 26.2 Å². The molecule has 0 aromatic heterocycles. The molecule has 11 heteroatoms. The Hall–Kier alpha value is -2.63. The van der Waals surface area contributed by atoms with E-state index in [0.717, 1.165) is 37.8 Å². The Morgan fingerprint density at radius 2 is 2.10 bits per heavy atom. The van der Waals surface area contributed by atoms with Gasteiger partial charge in [0.15, 0.2) is 0 Å². The van der Waals surface area contributed by atoms with Crippen molar-refractivity contribution in [3.63, 3.8) is 0 Å². The van der Waals surface area contributed by atoms with Gasteiger partial charge in [-0.05, 0) is 91.8 Å². The Balaban J connectivity index is 1.39. The zero-order valence-electron chi connectivity index (χ0n) is 23.7. The molecule has 42 heavy (non-hydrogen) atoms. The van der Waals surface area contributed by atoms with Gasteiger partial charge in [-0.15, -0.1) is 0 Å². The molecule has 1 spiro atoms. The standard InChI is InChI=1S/C31H39ClN2O7S/c1-40-17-24(42(33,38)39)5-2-6-28(35)25-10-7-22(25)16-34-18-31(13-3-4-20-14-23(32)9-11-26(20)31)19-41-29-12-8-21(30(36)37)15-27(29)34/h2,6,8-9,11-12,14-15,22,24-25,28,35H,3-5,7,10,13,16-19H2,1H3,(H,36,37)(H2,33,38,39)/b6-2+/t22-,24-,25+,28-,31-/m0/s1. The number of nitrogens with zero attached hydrogens (tertiary/aromatic N) is 1. The fraction of sp³-hybridized carbons (Fsp3) is 0.516. The number of aryl methyl sites for hydroxylation is 1. The van der Waals surface area contributed by atoms with Crippen LogP contribution in [0.2, 0.25) is 5.02 Å². The molecule has 1 saturated carbocycles. The topological polar surface area (TPSA) is 139 Å². The summed E-state index contributed by atoms with van der Waals surface area (Å²) in [5, 5.41) is 25.9. The molecule has 228 valence electrons. The van der Waals surface area contributed by atoms with Crippen LogP contribution in [0.25, 0.3) is 0 Å². The molecular formula is C31H39ClN2O7S. The highest BCUT2D eigenvalue weighted by atomic mass is 35.5. The fourth-order valence-corrected chi connectivity index (χ4v) is 7.70. The van der Waals surface area contributed by atoms with E-state index in [1.54, 1.807) is 30.4 Å². The lowest BCUT2D eigenvalue weighted by Crippen LogP contribution is -2.49. The number of carbonyl (C=O) groups is 1. The van der Waals surface area contributed by atoms with Crippen LogP contribution in [0.1, 0.15) is 53.6 Å². The molecule has 2 aromatic carbocycles. The molecule has 4 N–H and O–H groups in total. The Morgan fingerprint density at radius 3 is 2.79 bits per heavy atom. The van der Waals surface area contributed by atoms with Crippen molar-refractivity contribution in [1.82, 2.24) is 0 Å². The van der Waals surface area contributed by atoms with Crippen molar-refractivity contribution in [2.24, 2.45) is 17.0 Å². The zero-order chi connectivity index (χ0) is 30.1. The number of fused-ring (bicyclic) bond motifs is 3. The van der Waals surface area contributed by atoms with Crippen molar-refractivity contribution in [2.45, 2.75) is 55.3 Å². The first-order valence-electron chi connectivity index (χ1n) is 14.4. The van der Waals surface area contributed by atoms with E-state index >= 15 is 0 Å². The highest BCUT2D eigenvalue weighted by molar-refractivity contribution is 7.89. The van der Waals surface area contributed by atoms with Gasteiger partial charge in [0.2, 0.25) is 10.0 Å². The van der Waals surface area contributed by atoms with Gasteiger partial charge in [0, 0.05) is 30.6 Å². The van der Waals surface area contributed by atoms with Gasteiger partial charge in [-0.1, -0.05) is 29.8 Å².